The maximum atomic E-state index is 13.6. The number of nitrogens with zero attached hydrogens (tertiary/aromatic N) is 2. The van der Waals surface area contributed by atoms with E-state index >= 15 is 0 Å². The van der Waals surface area contributed by atoms with E-state index < -0.39 is 4.92 Å². The van der Waals surface area contributed by atoms with Crippen molar-refractivity contribution >= 4 is 11.5 Å². The zero-order valence-electron chi connectivity index (χ0n) is 12.1. The number of aryl methyl sites for hydroxylation is 2. The van der Waals surface area contributed by atoms with Crippen LogP contribution in [0.15, 0.2) is 30.5 Å². The van der Waals surface area contributed by atoms with Gasteiger partial charge in [0.15, 0.2) is 0 Å². The van der Waals surface area contributed by atoms with Crippen LogP contribution in [0.25, 0.3) is 0 Å². The van der Waals surface area contributed by atoms with Crippen LogP contribution in [0.1, 0.15) is 29.7 Å². The van der Waals surface area contributed by atoms with E-state index in [1.165, 1.54) is 18.3 Å². The second-order valence-electron chi connectivity index (χ2n) is 4.99. The Hall–Kier alpha value is -2.50. The second-order valence-corrected chi connectivity index (χ2v) is 4.99. The Morgan fingerprint density at radius 1 is 1.29 bits per heavy atom. The number of halogens is 1. The maximum absolute atomic E-state index is 13.6. The highest BCUT2D eigenvalue weighted by atomic mass is 19.1. The fourth-order valence-corrected chi connectivity index (χ4v) is 1.97. The summed E-state index contributed by atoms with van der Waals surface area (Å²) in [4.78, 5) is 14.6. The molecule has 1 atom stereocenters. The molecule has 0 amide bonds. The van der Waals surface area contributed by atoms with Gasteiger partial charge in [-0.05, 0) is 38.0 Å². The van der Waals surface area contributed by atoms with Crippen LogP contribution in [-0.2, 0) is 0 Å². The molecule has 1 aromatic carbocycles. The lowest BCUT2D eigenvalue weighted by Gasteiger charge is -2.15. The smallest absolute Gasteiger partial charge is 0.277 e. The van der Waals surface area contributed by atoms with Crippen LogP contribution in [0, 0.1) is 29.8 Å². The van der Waals surface area contributed by atoms with Gasteiger partial charge in [-0.25, -0.2) is 9.37 Å². The molecule has 21 heavy (non-hydrogen) atoms. The summed E-state index contributed by atoms with van der Waals surface area (Å²) in [6, 6.07) is 6.15. The molecule has 0 aliphatic rings. The summed E-state index contributed by atoms with van der Waals surface area (Å²) in [5.41, 5.74) is 1.84. The fraction of sp³-hybridized carbons (Fsp3) is 0.267. The summed E-state index contributed by atoms with van der Waals surface area (Å²) in [5.74, 6) is 0.116. The van der Waals surface area contributed by atoms with Gasteiger partial charge in [0.1, 0.15) is 11.6 Å². The monoisotopic (exact) mass is 289 g/mol. The first-order chi connectivity index (χ1) is 9.88. The van der Waals surface area contributed by atoms with Gasteiger partial charge in [-0.3, -0.25) is 10.1 Å². The molecule has 0 saturated carbocycles. The predicted octanol–water partition coefficient (Wildman–Crippen LogP) is 3.92. The highest BCUT2D eigenvalue weighted by Crippen LogP contribution is 2.24. The first-order valence-electron chi connectivity index (χ1n) is 6.52. The predicted molar refractivity (Wildman–Crippen MR) is 78.8 cm³/mol. The second kappa shape index (κ2) is 5.87. The van der Waals surface area contributed by atoms with Crippen LogP contribution in [0.3, 0.4) is 0 Å². The molecule has 0 bridgehead atoms. The lowest BCUT2D eigenvalue weighted by atomic mass is 10.1. The maximum Gasteiger partial charge on any atom is 0.277 e. The number of aromatic nitrogens is 1. The Balaban J connectivity index is 2.23. The van der Waals surface area contributed by atoms with Crippen LogP contribution in [-0.4, -0.2) is 9.91 Å². The number of rotatable bonds is 4. The standard InChI is InChI=1S/C15H16FN3O2/c1-9-4-5-12(6-13(9)16)11(3)18-15-7-14(19(20)21)10(2)8-17-15/h4-8,11H,1-3H3,(H,17,18). The van der Waals surface area contributed by atoms with Gasteiger partial charge >= 0.3 is 0 Å². The lowest BCUT2D eigenvalue weighted by molar-refractivity contribution is -0.385. The molecular formula is C15H16FN3O2. The minimum atomic E-state index is -0.446. The lowest BCUT2D eigenvalue weighted by Crippen LogP contribution is -2.09. The molecule has 5 nitrogen and oxygen atoms in total. The van der Waals surface area contributed by atoms with Gasteiger partial charge in [-0.1, -0.05) is 12.1 Å². The van der Waals surface area contributed by atoms with Crippen molar-refractivity contribution in [2.75, 3.05) is 5.32 Å². The van der Waals surface area contributed by atoms with Gasteiger partial charge in [0.05, 0.1) is 17.0 Å². The third-order valence-electron chi connectivity index (χ3n) is 3.33. The third kappa shape index (κ3) is 3.34. The minimum absolute atomic E-state index is 0.00906. The van der Waals surface area contributed by atoms with Crippen LogP contribution in [0.4, 0.5) is 15.9 Å². The first kappa shape index (κ1) is 14.9. The number of hydrogen-bond donors (Lipinski definition) is 1. The molecule has 0 fully saturated rings. The van der Waals surface area contributed by atoms with E-state index in [1.54, 1.807) is 19.9 Å². The van der Waals surface area contributed by atoms with Crippen LogP contribution >= 0.6 is 0 Å². The first-order valence-corrected chi connectivity index (χ1v) is 6.52. The Kier molecular flexibility index (Phi) is 4.16. The number of pyridine rings is 1. The van der Waals surface area contributed by atoms with E-state index in [1.807, 2.05) is 13.0 Å². The molecule has 2 rings (SSSR count). The summed E-state index contributed by atoms with van der Waals surface area (Å²) in [6.45, 7) is 5.17. The number of benzene rings is 1. The average molecular weight is 289 g/mol. The molecule has 2 aromatic rings. The van der Waals surface area contributed by atoms with Gasteiger partial charge in [0.25, 0.3) is 5.69 Å². The molecule has 6 heteroatoms. The molecule has 1 unspecified atom stereocenters. The quantitative estimate of drug-likeness (QED) is 0.684. The van der Waals surface area contributed by atoms with Crippen molar-refractivity contribution in [3.63, 3.8) is 0 Å². The normalized spacial score (nSPS) is 12.0. The van der Waals surface area contributed by atoms with Crippen molar-refractivity contribution in [3.8, 4) is 0 Å². The number of nitrogens with one attached hydrogen (secondary N) is 1. The molecule has 1 aromatic heterocycles. The van der Waals surface area contributed by atoms with Gasteiger partial charge in [0, 0.05) is 11.8 Å². The Morgan fingerprint density at radius 3 is 2.62 bits per heavy atom. The summed E-state index contributed by atoms with van der Waals surface area (Å²) in [5, 5.41) is 14.0. The SMILES string of the molecule is Cc1ccc(C(C)Nc2cc([N+](=O)[O-])c(C)cn2)cc1F. The zero-order chi connectivity index (χ0) is 15.6. The highest BCUT2D eigenvalue weighted by Gasteiger charge is 2.14. The minimum Gasteiger partial charge on any atom is -0.363 e. The summed E-state index contributed by atoms with van der Waals surface area (Å²) < 4.78 is 13.6. The van der Waals surface area contributed by atoms with Crippen molar-refractivity contribution in [2.24, 2.45) is 0 Å². The van der Waals surface area contributed by atoms with E-state index in [2.05, 4.69) is 10.3 Å². The fourth-order valence-electron chi connectivity index (χ4n) is 1.97. The third-order valence-corrected chi connectivity index (χ3v) is 3.33. The van der Waals surface area contributed by atoms with E-state index in [9.17, 15) is 14.5 Å². The Morgan fingerprint density at radius 2 is 2.00 bits per heavy atom. The van der Waals surface area contributed by atoms with Crippen LogP contribution in [0.2, 0.25) is 0 Å². The van der Waals surface area contributed by atoms with E-state index in [0.29, 0.717) is 16.9 Å². The largest absolute Gasteiger partial charge is 0.363 e. The van der Waals surface area contributed by atoms with Gasteiger partial charge < -0.3 is 5.32 Å². The van der Waals surface area contributed by atoms with Crippen molar-refractivity contribution in [1.29, 1.82) is 0 Å². The van der Waals surface area contributed by atoms with E-state index in [-0.39, 0.29) is 17.5 Å². The Labute approximate surface area is 122 Å². The van der Waals surface area contributed by atoms with Crippen LogP contribution in [0.5, 0.6) is 0 Å². The van der Waals surface area contributed by atoms with Crippen molar-refractivity contribution in [3.05, 3.63) is 63.1 Å². The van der Waals surface area contributed by atoms with Crippen molar-refractivity contribution < 1.29 is 9.31 Å². The molecule has 0 radical (unpaired) electrons. The summed E-state index contributed by atoms with van der Waals surface area (Å²) in [6.07, 6.45) is 1.45. The molecular weight excluding hydrogens is 273 g/mol. The Bertz CT molecular complexity index is 689. The highest BCUT2D eigenvalue weighted by molar-refractivity contribution is 5.50. The topological polar surface area (TPSA) is 68.1 Å². The van der Waals surface area contributed by atoms with Crippen molar-refractivity contribution in [1.82, 2.24) is 4.98 Å². The number of anilines is 1. The van der Waals surface area contributed by atoms with E-state index in [0.717, 1.165) is 5.56 Å². The number of nitro groups is 1. The molecule has 0 spiro atoms. The molecule has 0 saturated heterocycles. The summed E-state index contributed by atoms with van der Waals surface area (Å²) >= 11 is 0. The molecule has 110 valence electrons. The van der Waals surface area contributed by atoms with Crippen molar-refractivity contribution in [2.45, 2.75) is 26.8 Å². The van der Waals surface area contributed by atoms with Gasteiger partial charge in [-0.15, -0.1) is 0 Å². The van der Waals surface area contributed by atoms with E-state index in [4.69, 9.17) is 0 Å². The average Bonchev–Trinajstić information content (AvgIpc) is 2.43. The molecule has 1 heterocycles. The van der Waals surface area contributed by atoms with Gasteiger partial charge in [0.2, 0.25) is 0 Å². The molecule has 0 aliphatic heterocycles. The molecule has 0 aliphatic carbocycles. The number of hydrogen-bond acceptors (Lipinski definition) is 4. The summed E-state index contributed by atoms with van der Waals surface area (Å²) in [7, 11) is 0. The van der Waals surface area contributed by atoms with Gasteiger partial charge in [-0.2, -0.15) is 0 Å². The van der Waals surface area contributed by atoms with Crippen LogP contribution < -0.4 is 5.32 Å². The zero-order valence-corrected chi connectivity index (χ0v) is 12.1. The molecule has 1 N–H and O–H groups in total.